The minimum absolute atomic E-state index is 0.261. The lowest BCUT2D eigenvalue weighted by Crippen LogP contribution is -2.48. The fourth-order valence-corrected chi connectivity index (χ4v) is 12.1. The van der Waals surface area contributed by atoms with Crippen molar-refractivity contribution in [2.45, 2.75) is 71.1 Å². The molecule has 5 rings (SSSR count). The zero-order valence-electron chi connectivity index (χ0n) is 25.0. The predicted molar refractivity (Wildman–Crippen MR) is 170 cm³/mol. The first-order chi connectivity index (χ1) is 19.7. The van der Waals surface area contributed by atoms with Crippen LogP contribution in [0.15, 0.2) is 79.1 Å². The van der Waals surface area contributed by atoms with Crippen LogP contribution in [0.4, 0.5) is 4.39 Å². The molecular formula is C34H41FN4OSi. The maximum atomic E-state index is 13.8. The van der Waals surface area contributed by atoms with Crippen LogP contribution in [0.1, 0.15) is 48.0 Å². The number of hydrogen-bond acceptors (Lipinski definition) is 3. The fraction of sp³-hybridized carbons (Fsp3) is 0.353. The molecule has 5 aromatic rings. The first-order valence-corrected chi connectivity index (χ1v) is 16.9. The van der Waals surface area contributed by atoms with Gasteiger partial charge in [-0.25, -0.2) is 4.39 Å². The summed E-state index contributed by atoms with van der Waals surface area (Å²) in [4.78, 5) is 8.24. The number of nitrogens with one attached hydrogen (secondary N) is 1. The summed E-state index contributed by atoms with van der Waals surface area (Å²) in [6, 6.07) is 20.9. The molecule has 5 nitrogen and oxygen atoms in total. The van der Waals surface area contributed by atoms with E-state index in [1.807, 2.05) is 35.1 Å². The Morgan fingerprint density at radius 1 is 0.854 bits per heavy atom. The lowest BCUT2D eigenvalue weighted by atomic mass is 10.0. The molecule has 1 N–H and O–H groups in total. The van der Waals surface area contributed by atoms with Crippen LogP contribution in [0.3, 0.4) is 0 Å². The summed E-state index contributed by atoms with van der Waals surface area (Å²) in [6.07, 6.45) is 4.82. The number of aryl methyl sites for hydroxylation is 1. The van der Waals surface area contributed by atoms with E-state index < -0.39 is 8.32 Å². The molecule has 0 fully saturated rings. The lowest BCUT2D eigenvalue weighted by molar-refractivity contribution is 0.263. The molecule has 0 amide bonds. The molecule has 0 saturated heterocycles. The Morgan fingerprint density at radius 3 is 2.20 bits per heavy atom. The van der Waals surface area contributed by atoms with Gasteiger partial charge in [-0.3, -0.25) is 9.67 Å². The summed E-state index contributed by atoms with van der Waals surface area (Å²) in [5, 5.41) is 5.01. The van der Waals surface area contributed by atoms with Gasteiger partial charge in [0.15, 0.2) is 8.32 Å². The first kappa shape index (κ1) is 29.0. The van der Waals surface area contributed by atoms with Gasteiger partial charge in [-0.05, 0) is 65.0 Å². The Kier molecular flexibility index (Phi) is 8.57. The van der Waals surface area contributed by atoms with Gasteiger partial charge in [0.25, 0.3) is 0 Å². The second-order valence-corrected chi connectivity index (χ2v) is 17.3. The van der Waals surface area contributed by atoms with Gasteiger partial charge in [0.1, 0.15) is 11.5 Å². The summed E-state index contributed by atoms with van der Waals surface area (Å²) in [5.74, 6) is -0.261. The Balaban J connectivity index is 1.47. The molecule has 214 valence electrons. The molecule has 3 aromatic heterocycles. The number of H-pyrrole nitrogens is 1. The van der Waals surface area contributed by atoms with E-state index in [0.717, 1.165) is 64.2 Å². The van der Waals surface area contributed by atoms with Gasteiger partial charge in [0, 0.05) is 47.9 Å². The Hall–Kier alpha value is -3.55. The topological polar surface area (TPSA) is 55.7 Å². The highest BCUT2D eigenvalue weighted by Gasteiger charge is 2.44. The molecule has 0 aliphatic carbocycles. The number of halogens is 1. The van der Waals surface area contributed by atoms with Gasteiger partial charge in [-0.1, -0.05) is 71.9 Å². The van der Waals surface area contributed by atoms with Crippen molar-refractivity contribution in [1.82, 2.24) is 19.7 Å². The van der Waals surface area contributed by atoms with Crippen LogP contribution in [0.25, 0.3) is 44.7 Å². The van der Waals surface area contributed by atoms with E-state index in [9.17, 15) is 4.39 Å². The maximum Gasteiger partial charge on any atom is 0.200 e. The summed E-state index contributed by atoms with van der Waals surface area (Å²) in [7, 11) is -1.91. The average Bonchev–Trinajstić information content (AvgIpc) is 3.58. The quantitative estimate of drug-likeness (QED) is 0.127. The number of hydrogen-bond donors (Lipinski definition) is 1. The minimum atomic E-state index is -1.91. The lowest BCUT2D eigenvalue weighted by Gasteiger charge is -2.42. The third-order valence-electron chi connectivity index (χ3n) is 8.37. The number of nitrogens with zero attached hydrogens (tertiary/aromatic N) is 3. The average molecular weight is 569 g/mol. The molecule has 41 heavy (non-hydrogen) atoms. The normalized spacial score (nSPS) is 12.3. The van der Waals surface area contributed by atoms with Gasteiger partial charge in [0.05, 0.1) is 11.0 Å². The van der Waals surface area contributed by atoms with Crippen molar-refractivity contribution in [3.8, 4) is 33.6 Å². The molecule has 0 aliphatic rings. The second kappa shape index (κ2) is 12.1. The van der Waals surface area contributed by atoms with Gasteiger partial charge >= 0.3 is 0 Å². The highest BCUT2D eigenvalue weighted by atomic mass is 28.4. The van der Waals surface area contributed by atoms with Crippen molar-refractivity contribution in [2.75, 3.05) is 6.61 Å². The molecule has 0 bridgehead atoms. The molecule has 3 heterocycles. The SMILES string of the molecule is CC(C)[Si](OCCCn1cc(-c2ccnc3cc(-c4ccccc4)[nH]c23)c(-c2ccc(F)cc2)n1)(C(C)C)C(C)C. The van der Waals surface area contributed by atoms with Gasteiger partial charge in [0.2, 0.25) is 0 Å². The summed E-state index contributed by atoms with van der Waals surface area (Å²) in [6.45, 7) is 15.4. The smallest absolute Gasteiger partial charge is 0.200 e. The van der Waals surface area contributed by atoms with Crippen LogP contribution in [-0.4, -0.2) is 34.7 Å². The fourth-order valence-electron chi connectivity index (χ4n) is 6.55. The van der Waals surface area contributed by atoms with Crippen LogP contribution < -0.4 is 0 Å². The van der Waals surface area contributed by atoms with Crippen LogP contribution in [-0.2, 0) is 11.0 Å². The standard InChI is InChI=1S/C34H41FN4OSi/c1-23(2)41(24(3)4,25(5)6)40-20-10-19-39-22-30(33(38-39)27-13-15-28(35)16-14-27)29-17-18-36-32-21-31(37-34(29)32)26-11-8-7-9-12-26/h7-9,11-18,21-25,37H,10,19-20H2,1-6H3. The van der Waals surface area contributed by atoms with E-state index in [1.165, 1.54) is 12.1 Å². The highest BCUT2D eigenvalue weighted by molar-refractivity contribution is 6.77. The van der Waals surface area contributed by atoms with Crippen LogP contribution in [0.5, 0.6) is 0 Å². The number of aromatic nitrogens is 4. The number of fused-ring (bicyclic) bond motifs is 1. The molecule has 0 aliphatic heterocycles. The zero-order chi connectivity index (χ0) is 29.1. The Bertz CT molecular complexity index is 1570. The van der Waals surface area contributed by atoms with E-state index >= 15 is 0 Å². The van der Waals surface area contributed by atoms with Crippen LogP contribution in [0.2, 0.25) is 16.6 Å². The molecular weight excluding hydrogens is 527 g/mol. The van der Waals surface area contributed by atoms with E-state index in [4.69, 9.17) is 9.52 Å². The van der Waals surface area contributed by atoms with E-state index in [-0.39, 0.29) is 5.82 Å². The number of benzene rings is 2. The van der Waals surface area contributed by atoms with Crippen LogP contribution >= 0.6 is 0 Å². The molecule has 2 aromatic carbocycles. The Labute approximate surface area is 243 Å². The summed E-state index contributed by atoms with van der Waals surface area (Å²) >= 11 is 0. The summed E-state index contributed by atoms with van der Waals surface area (Å²) in [5.41, 5.74) is 9.34. The highest BCUT2D eigenvalue weighted by Crippen LogP contribution is 2.42. The number of pyridine rings is 1. The van der Waals surface area contributed by atoms with Crippen LogP contribution in [0, 0.1) is 5.82 Å². The predicted octanol–water partition coefficient (Wildman–Crippen LogP) is 9.48. The molecule has 0 unspecified atom stereocenters. The molecule has 0 atom stereocenters. The van der Waals surface area contributed by atoms with E-state index in [2.05, 4.69) is 75.9 Å². The molecule has 0 saturated carbocycles. The molecule has 7 heteroatoms. The second-order valence-electron chi connectivity index (χ2n) is 11.8. The number of aromatic amines is 1. The molecule has 0 radical (unpaired) electrons. The number of rotatable bonds is 11. The van der Waals surface area contributed by atoms with Crippen molar-refractivity contribution < 1.29 is 8.82 Å². The zero-order valence-corrected chi connectivity index (χ0v) is 26.0. The summed E-state index contributed by atoms with van der Waals surface area (Å²) < 4.78 is 22.6. The van der Waals surface area contributed by atoms with Gasteiger partial charge in [-0.2, -0.15) is 5.10 Å². The van der Waals surface area contributed by atoms with Crippen molar-refractivity contribution in [3.05, 3.63) is 84.9 Å². The van der Waals surface area contributed by atoms with Gasteiger partial charge in [-0.15, -0.1) is 0 Å². The van der Waals surface area contributed by atoms with Crippen molar-refractivity contribution in [2.24, 2.45) is 0 Å². The first-order valence-electron chi connectivity index (χ1n) is 14.7. The van der Waals surface area contributed by atoms with E-state index in [0.29, 0.717) is 16.6 Å². The van der Waals surface area contributed by atoms with Crippen molar-refractivity contribution >= 4 is 19.4 Å². The maximum absolute atomic E-state index is 13.8. The third kappa shape index (κ3) is 5.79. The largest absolute Gasteiger partial charge is 0.416 e. The third-order valence-corrected chi connectivity index (χ3v) is 14.5. The Morgan fingerprint density at radius 2 is 1.54 bits per heavy atom. The van der Waals surface area contributed by atoms with Crippen molar-refractivity contribution in [3.63, 3.8) is 0 Å². The van der Waals surface area contributed by atoms with Crippen molar-refractivity contribution in [1.29, 1.82) is 0 Å². The monoisotopic (exact) mass is 568 g/mol. The van der Waals surface area contributed by atoms with Gasteiger partial charge < -0.3 is 9.41 Å². The van der Waals surface area contributed by atoms with E-state index in [1.54, 1.807) is 12.1 Å². The molecule has 0 spiro atoms. The minimum Gasteiger partial charge on any atom is -0.416 e.